The van der Waals surface area contributed by atoms with Gasteiger partial charge < -0.3 is 9.84 Å². The number of fused-ring (bicyclic) bond motifs is 2. The van der Waals surface area contributed by atoms with Gasteiger partial charge in [-0.15, -0.1) is 0 Å². The summed E-state index contributed by atoms with van der Waals surface area (Å²) in [7, 11) is 0. The lowest BCUT2D eigenvalue weighted by atomic mass is 9.69. The number of aliphatic hydroxyl groups is 1. The van der Waals surface area contributed by atoms with Gasteiger partial charge in [0, 0.05) is 23.3 Å². The fraction of sp³-hybridized carbons (Fsp3) is 0.733. The molecule has 0 radical (unpaired) electrons. The van der Waals surface area contributed by atoms with Gasteiger partial charge in [-0.2, -0.15) is 0 Å². The van der Waals surface area contributed by atoms with E-state index in [2.05, 4.69) is 13.5 Å². The molecule has 2 saturated carbocycles. The van der Waals surface area contributed by atoms with Crippen LogP contribution < -0.4 is 0 Å². The Balaban J connectivity index is 1.99. The van der Waals surface area contributed by atoms with Gasteiger partial charge in [0.05, 0.1) is 0 Å². The van der Waals surface area contributed by atoms with Crippen molar-refractivity contribution in [1.29, 1.82) is 0 Å². The maximum absolute atomic E-state index is 11.9. The zero-order valence-electron chi connectivity index (χ0n) is 11.4. The van der Waals surface area contributed by atoms with Crippen LogP contribution in [0.2, 0.25) is 0 Å². The molecule has 0 amide bonds. The molecule has 19 heavy (non-hydrogen) atoms. The van der Waals surface area contributed by atoms with Crippen LogP contribution in [0.15, 0.2) is 12.2 Å². The summed E-state index contributed by atoms with van der Waals surface area (Å²) in [5.41, 5.74) is 0.0537. The number of Topliss-reactive ketones (excluding diaryl/α,β-unsaturated/α-hetero) is 1. The molecular formula is C15H20O4. The first-order valence-electron chi connectivity index (χ1n) is 6.95. The Bertz CT molecular complexity index is 469. The van der Waals surface area contributed by atoms with E-state index in [-0.39, 0.29) is 35.6 Å². The van der Waals surface area contributed by atoms with Crippen LogP contribution in [0.4, 0.5) is 0 Å². The van der Waals surface area contributed by atoms with Gasteiger partial charge in [-0.05, 0) is 24.7 Å². The van der Waals surface area contributed by atoms with E-state index < -0.39 is 11.5 Å². The Morgan fingerprint density at radius 2 is 2.11 bits per heavy atom. The molecule has 3 aliphatic rings. The third-order valence-corrected chi connectivity index (χ3v) is 5.57. The normalized spacial score (nSPS) is 49.6. The Labute approximate surface area is 112 Å². The lowest BCUT2D eigenvalue weighted by Gasteiger charge is -2.35. The van der Waals surface area contributed by atoms with E-state index in [4.69, 9.17) is 4.74 Å². The maximum atomic E-state index is 11.9. The summed E-state index contributed by atoms with van der Waals surface area (Å²) in [6.45, 7) is 7.90. The van der Waals surface area contributed by atoms with Gasteiger partial charge in [-0.25, -0.2) is 4.79 Å². The number of ether oxygens (including phenoxy) is 1. The largest absolute Gasteiger partial charge is 0.458 e. The number of hydrogen-bond acceptors (Lipinski definition) is 4. The molecule has 0 spiro atoms. The van der Waals surface area contributed by atoms with Gasteiger partial charge >= 0.3 is 5.97 Å². The second kappa shape index (κ2) is 3.92. The molecule has 1 unspecified atom stereocenters. The lowest BCUT2D eigenvalue weighted by Crippen LogP contribution is -2.37. The topological polar surface area (TPSA) is 63.6 Å². The Kier molecular flexibility index (Phi) is 2.65. The third kappa shape index (κ3) is 1.62. The van der Waals surface area contributed by atoms with Crippen LogP contribution in [-0.2, 0) is 14.3 Å². The second-order valence-electron chi connectivity index (χ2n) is 6.68. The summed E-state index contributed by atoms with van der Waals surface area (Å²) >= 11 is 0. The van der Waals surface area contributed by atoms with Crippen molar-refractivity contribution in [2.75, 3.05) is 0 Å². The van der Waals surface area contributed by atoms with Crippen molar-refractivity contribution in [3.8, 4) is 0 Å². The number of ketones is 1. The lowest BCUT2D eigenvalue weighted by molar-refractivity contribution is -0.139. The van der Waals surface area contributed by atoms with Crippen LogP contribution in [0.1, 0.15) is 33.1 Å². The van der Waals surface area contributed by atoms with Gasteiger partial charge in [-0.3, -0.25) is 4.79 Å². The van der Waals surface area contributed by atoms with Crippen LogP contribution in [0.5, 0.6) is 0 Å². The Hall–Kier alpha value is -1.16. The van der Waals surface area contributed by atoms with E-state index in [1.54, 1.807) is 0 Å². The minimum absolute atomic E-state index is 0.0505. The molecule has 1 N–H and O–H groups in total. The molecule has 3 rings (SSSR count). The fourth-order valence-electron chi connectivity index (χ4n) is 4.39. The molecule has 3 fully saturated rings. The number of aliphatic hydroxyl groups excluding tert-OH is 1. The Morgan fingerprint density at radius 1 is 1.42 bits per heavy atom. The standard InChI is InChI=1S/C15H20O4/c1-7-4-12-9(8(2)14(18)19-12)6-15(3)10(7)5-11(16)13(15)17/h7,9-10,12-13,17H,2,4-6H2,1,3H3/t7-,9-,10?,12-,13+,15+/m1/s1. The molecule has 0 aromatic heterocycles. The maximum Gasteiger partial charge on any atom is 0.334 e. The predicted molar refractivity (Wildman–Crippen MR) is 68.1 cm³/mol. The zero-order valence-corrected chi connectivity index (χ0v) is 11.4. The first-order valence-corrected chi connectivity index (χ1v) is 6.95. The first kappa shape index (κ1) is 12.9. The molecule has 0 bridgehead atoms. The fourth-order valence-corrected chi connectivity index (χ4v) is 4.39. The Morgan fingerprint density at radius 3 is 2.79 bits per heavy atom. The minimum atomic E-state index is -0.915. The van der Waals surface area contributed by atoms with E-state index in [9.17, 15) is 14.7 Å². The molecule has 104 valence electrons. The monoisotopic (exact) mass is 264 g/mol. The number of rotatable bonds is 0. The van der Waals surface area contributed by atoms with Gasteiger partial charge in [0.2, 0.25) is 0 Å². The molecule has 0 aromatic rings. The highest BCUT2D eigenvalue weighted by Gasteiger charge is 2.58. The van der Waals surface area contributed by atoms with Crippen LogP contribution >= 0.6 is 0 Å². The second-order valence-corrected chi connectivity index (χ2v) is 6.68. The molecule has 1 saturated heterocycles. The van der Waals surface area contributed by atoms with Crippen molar-refractivity contribution in [2.45, 2.75) is 45.3 Å². The van der Waals surface area contributed by atoms with Crippen molar-refractivity contribution >= 4 is 11.8 Å². The number of esters is 1. The molecule has 1 heterocycles. The van der Waals surface area contributed by atoms with Crippen LogP contribution in [-0.4, -0.2) is 29.1 Å². The van der Waals surface area contributed by atoms with Crippen molar-refractivity contribution in [3.05, 3.63) is 12.2 Å². The highest BCUT2D eigenvalue weighted by molar-refractivity contribution is 5.91. The zero-order chi connectivity index (χ0) is 13.9. The number of carbonyl (C=O) groups excluding carboxylic acids is 2. The first-order chi connectivity index (χ1) is 8.84. The molecule has 0 aromatic carbocycles. The average molecular weight is 264 g/mol. The van der Waals surface area contributed by atoms with Gasteiger partial charge in [0.1, 0.15) is 12.2 Å². The van der Waals surface area contributed by atoms with Gasteiger partial charge in [0.15, 0.2) is 5.78 Å². The van der Waals surface area contributed by atoms with E-state index in [1.165, 1.54) is 0 Å². The van der Waals surface area contributed by atoms with E-state index >= 15 is 0 Å². The van der Waals surface area contributed by atoms with Crippen LogP contribution in [0, 0.1) is 23.2 Å². The summed E-state index contributed by atoms with van der Waals surface area (Å²) in [5, 5.41) is 10.3. The summed E-state index contributed by atoms with van der Waals surface area (Å²) in [6, 6.07) is 0. The smallest absolute Gasteiger partial charge is 0.334 e. The molecule has 2 aliphatic carbocycles. The summed E-state index contributed by atoms with van der Waals surface area (Å²) < 4.78 is 5.40. The van der Waals surface area contributed by atoms with E-state index in [0.29, 0.717) is 18.4 Å². The van der Waals surface area contributed by atoms with Crippen molar-refractivity contribution in [3.63, 3.8) is 0 Å². The molecule has 4 heteroatoms. The summed E-state index contributed by atoms with van der Waals surface area (Å²) in [6.07, 6.45) is 0.778. The van der Waals surface area contributed by atoms with E-state index in [0.717, 1.165) is 6.42 Å². The van der Waals surface area contributed by atoms with Crippen LogP contribution in [0.3, 0.4) is 0 Å². The quantitative estimate of drug-likeness (QED) is 0.531. The molecule has 1 aliphatic heterocycles. The average Bonchev–Trinajstić information content (AvgIpc) is 2.68. The molecule has 6 atom stereocenters. The summed E-state index contributed by atoms with van der Waals surface area (Å²) in [4.78, 5) is 23.5. The predicted octanol–water partition coefficient (Wildman–Crippen LogP) is 1.47. The minimum Gasteiger partial charge on any atom is -0.458 e. The molecular weight excluding hydrogens is 244 g/mol. The van der Waals surface area contributed by atoms with Crippen molar-refractivity contribution < 1.29 is 19.4 Å². The van der Waals surface area contributed by atoms with Gasteiger partial charge in [0.25, 0.3) is 0 Å². The number of hydrogen-bond donors (Lipinski definition) is 1. The van der Waals surface area contributed by atoms with E-state index in [1.807, 2.05) is 6.92 Å². The van der Waals surface area contributed by atoms with Crippen molar-refractivity contribution in [2.24, 2.45) is 23.2 Å². The SMILES string of the molecule is C=C1C(=O)O[C@@H]2C[C@@H](C)C3CC(=O)[C@H](O)[C@@]3(C)C[C@H]12. The van der Waals surface area contributed by atoms with Crippen molar-refractivity contribution in [1.82, 2.24) is 0 Å². The summed E-state index contributed by atoms with van der Waals surface area (Å²) in [5.74, 6) is 0.00844. The third-order valence-electron chi connectivity index (χ3n) is 5.57. The van der Waals surface area contributed by atoms with Gasteiger partial charge in [-0.1, -0.05) is 20.4 Å². The molecule has 4 nitrogen and oxygen atoms in total. The number of carbonyl (C=O) groups is 2. The highest BCUT2D eigenvalue weighted by atomic mass is 16.6. The van der Waals surface area contributed by atoms with Crippen LogP contribution in [0.25, 0.3) is 0 Å². The highest BCUT2D eigenvalue weighted by Crippen LogP contribution is 2.55.